The Bertz CT molecular complexity index is 1310. The third-order valence-corrected chi connectivity index (χ3v) is 4.96. The number of alkyl halides is 3. The molecule has 31 heavy (non-hydrogen) atoms. The van der Waals surface area contributed by atoms with Gasteiger partial charge in [0.2, 0.25) is 10.0 Å². The van der Waals surface area contributed by atoms with Gasteiger partial charge in [-0.25, -0.2) is 13.4 Å². The van der Waals surface area contributed by atoms with Crippen LogP contribution < -0.4 is 15.4 Å². The SMILES string of the molecule is CS(=O)(=O)Nc1cc(Nc2cc(NC3CC3)c3ncc(C#N)n3n2)cc(C(F)(F)F)c1. The molecule has 0 unspecified atom stereocenters. The van der Waals surface area contributed by atoms with Crippen LogP contribution in [0.5, 0.6) is 0 Å². The summed E-state index contributed by atoms with van der Waals surface area (Å²) in [6.45, 7) is 0. The monoisotopic (exact) mass is 451 g/mol. The predicted molar refractivity (Wildman–Crippen MR) is 108 cm³/mol. The first-order valence-electron chi connectivity index (χ1n) is 9.04. The molecule has 1 fully saturated rings. The van der Waals surface area contributed by atoms with Crippen LogP contribution in [0.1, 0.15) is 24.1 Å². The standard InChI is InChI=1S/C18H16F3N7O2S/c1-31(29,30)27-13-5-10(18(19,20)21)4-12(6-13)25-16-7-15(24-11-2-3-11)17-23-9-14(8-22)28(17)26-16/h4-7,9,11,24,27H,2-3H2,1H3,(H,25,26). The van der Waals surface area contributed by atoms with E-state index in [1.54, 1.807) is 6.07 Å². The first-order valence-corrected chi connectivity index (χ1v) is 10.9. The lowest BCUT2D eigenvalue weighted by molar-refractivity contribution is -0.137. The zero-order chi connectivity index (χ0) is 22.4. The van der Waals surface area contributed by atoms with E-state index in [0.29, 0.717) is 17.4 Å². The Morgan fingerprint density at radius 2 is 1.90 bits per heavy atom. The smallest absolute Gasteiger partial charge is 0.379 e. The van der Waals surface area contributed by atoms with Crippen LogP contribution in [0.15, 0.2) is 30.5 Å². The quantitative estimate of drug-likeness (QED) is 0.525. The van der Waals surface area contributed by atoms with E-state index in [2.05, 4.69) is 25.4 Å². The number of hydrogen-bond acceptors (Lipinski definition) is 7. The van der Waals surface area contributed by atoms with E-state index in [1.165, 1.54) is 16.8 Å². The van der Waals surface area contributed by atoms with Crippen molar-refractivity contribution >= 4 is 38.6 Å². The summed E-state index contributed by atoms with van der Waals surface area (Å²) in [6, 6.07) is 6.54. The van der Waals surface area contributed by atoms with Crippen molar-refractivity contribution in [3.05, 3.63) is 41.7 Å². The fourth-order valence-electron chi connectivity index (χ4n) is 2.94. The van der Waals surface area contributed by atoms with Crippen molar-refractivity contribution in [3.8, 4) is 6.07 Å². The molecular formula is C18H16F3N7O2S. The van der Waals surface area contributed by atoms with Crippen molar-refractivity contribution in [2.45, 2.75) is 25.1 Å². The highest BCUT2D eigenvalue weighted by Crippen LogP contribution is 2.35. The maximum Gasteiger partial charge on any atom is 0.416 e. The predicted octanol–water partition coefficient (Wildman–Crippen LogP) is 3.31. The van der Waals surface area contributed by atoms with Gasteiger partial charge < -0.3 is 10.6 Å². The Labute approximate surface area is 174 Å². The summed E-state index contributed by atoms with van der Waals surface area (Å²) in [5.41, 5.74) is -0.191. The Kier molecular flexibility index (Phi) is 4.89. The van der Waals surface area contributed by atoms with E-state index in [4.69, 9.17) is 0 Å². The molecule has 162 valence electrons. The topological polar surface area (TPSA) is 124 Å². The third-order valence-electron chi connectivity index (χ3n) is 4.36. The molecule has 0 spiro atoms. The molecule has 4 rings (SSSR count). The second-order valence-corrected chi connectivity index (χ2v) is 8.90. The molecule has 0 atom stereocenters. The van der Waals surface area contributed by atoms with E-state index < -0.39 is 21.8 Å². The lowest BCUT2D eigenvalue weighted by Crippen LogP contribution is -2.12. The highest BCUT2D eigenvalue weighted by atomic mass is 32.2. The number of nitrogens with zero attached hydrogens (tertiary/aromatic N) is 4. The Morgan fingerprint density at radius 3 is 2.52 bits per heavy atom. The molecule has 1 aliphatic carbocycles. The van der Waals surface area contributed by atoms with Gasteiger partial charge in [0.05, 0.1) is 29.4 Å². The molecule has 13 heteroatoms. The van der Waals surface area contributed by atoms with Gasteiger partial charge in [-0.3, -0.25) is 4.72 Å². The van der Waals surface area contributed by atoms with Crippen LogP contribution in [0.4, 0.5) is 36.1 Å². The molecule has 9 nitrogen and oxygen atoms in total. The first kappa shape index (κ1) is 20.7. The van der Waals surface area contributed by atoms with Crippen LogP contribution >= 0.6 is 0 Å². The number of sulfonamides is 1. The molecular weight excluding hydrogens is 435 g/mol. The fraction of sp³-hybridized carbons (Fsp3) is 0.278. The zero-order valence-electron chi connectivity index (χ0n) is 16.0. The molecule has 3 N–H and O–H groups in total. The van der Waals surface area contributed by atoms with Crippen molar-refractivity contribution in [2.24, 2.45) is 0 Å². The molecule has 2 aromatic heterocycles. The third kappa shape index (κ3) is 4.80. The maximum atomic E-state index is 13.3. The minimum atomic E-state index is -4.69. The molecule has 0 saturated heterocycles. The number of fused-ring (bicyclic) bond motifs is 1. The fourth-order valence-corrected chi connectivity index (χ4v) is 3.49. The van der Waals surface area contributed by atoms with Crippen LogP contribution in [0.25, 0.3) is 5.65 Å². The highest BCUT2D eigenvalue weighted by Gasteiger charge is 2.31. The van der Waals surface area contributed by atoms with Gasteiger partial charge in [0, 0.05) is 17.8 Å². The van der Waals surface area contributed by atoms with Crippen molar-refractivity contribution in [1.82, 2.24) is 14.6 Å². The van der Waals surface area contributed by atoms with Crippen molar-refractivity contribution in [1.29, 1.82) is 5.26 Å². The number of imidazole rings is 1. The van der Waals surface area contributed by atoms with Gasteiger partial charge in [-0.2, -0.15) is 22.9 Å². The van der Waals surface area contributed by atoms with Gasteiger partial charge >= 0.3 is 6.18 Å². The molecule has 1 saturated carbocycles. The average molecular weight is 451 g/mol. The van der Waals surface area contributed by atoms with E-state index in [1.807, 2.05) is 6.07 Å². The molecule has 3 aromatic rings. The Balaban J connectivity index is 1.77. The van der Waals surface area contributed by atoms with Gasteiger partial charge in [-0.1, -0.05) is 0 Å². The average Bonchev–Trinajstić information content (AvgIpc) is 3.36. The highest BCUT2D eigenvalue weighted by molar-refractivity contribution is 7.92. The number of halogens is 3. The number of benzene rings is 1. The number of nitrogens with one attached hydrogen (secondary N) is 3. The second-order valence-electron chi connectivity index (χ2n) is 7.15. The van der Waals surface area contributed by atoms with E-state index in [0.717, 1.165) is 25.2 Å². The normalized spacial score (nSPS) is 14.3. The summed E-state index contributed by atoms with van der Waals surface area (Å²) in [5.74, 6) is 0.148. The summed E-state index contributed by atoms with van der Waals surface area (Å²) in [4.78, 5) is 4.18. The number of anilines is 4. The lowest BCUT2D eigenvalue weighted by Gasteiger charge is -2.15. The molecule has 1 aliphatic rings. The minimum absolute atomic E-state index is 0.0381. The number of hydrogen-bond donors (Lipinski definition) is 3. The second kappa shape index (κ2) is 7.31. The maximum absolute atomic E-state index is 13.3. The van der Waals surface area contributed by atoms with Crippen molar-refractivity contribution in [2.75, 3.05) is 21.6 Å². The first-order chi connectivity index (χ1) is 14.5. The minimum Gasteiger partial charge on any atom is -0.379 e. The van der Waals surface area contributed by atoms with E-state index in [-0.39, 0.29) is 28.9 Å². The van der Waals surface area contributed by atoms with Gasteiger partial charge in [-0.05, 0) is 31.0 Å². The number of rotatable bonds is 6. The summed E-state index contributed by atoms with van der Waals surface area (Å²) >= 11 is 0. The Morgan fingerprint density at radius 1 is 1.19 bits per heavy atom. The Hall–Kier alpha value is -3.53. The lowest BCUT2D eigenvalue weighted by atomic mass is 10.1. The summed E-state index contributed by atoms with van der Waals surface area (Å²) in [7, 11) is -3.79. The van der Waals surface area contributed by atoms with Gasteiger partial charge in [0.15, 0.2) is 17.2 Å². The molecule has 0 aliphatic heterocycles. The largest absolute Gasteiger partial charge is 0.416 e. The van der Waals surface area contributed by atoms with E-state index >= 15 is 0 Å². The van der Waals surface area contributed by atoms with E-state index in [9.17, 15) is 26.9 Å². The van der Waals surface area contributed by atoms with Crippen molar-refractivity contribution in [3.63, 3.8) is 0 Å². The number of nitriles is 1. The van der Waals surface area contributed by atoms with Crippen LogP contribution in [-0.4, -0.2) is 35.3 Å². The zero-order valence-corrected chi connectivity index (χ0v) is 16.8. The molecule has 0 amide bonds. The van der Waals surface area contributed by atoms with Gasteiger partial charge in [0.1, 0.15) is 6.07 Å². The number of aromatic nitrogens is 3. The van der Waals surface area contributed by atoms with Crippen LogP contribution in [0.2, 0.25) is 0 Å². The van der Waals surface area contributed by atoms with Crippen LogP contribution in [0, 0.1) is 11.3 Å². The molecule has 0 bridgehead atoms. The molecule has 2 heterocycles. The van der Waals surface area contributed by atoms with Gasteiger partial charge in [-0.15, -0.1) is 5.10 Å². The molecule has 1 aromatic carbocycles. The van der Waals surface area contributed by atoms with Gasteiger partial charge in [0.25, 0.3) is 0 Å². The summed E-state index contributed by atoms with van der Waals surface area (Å²) < 4.78 is 66.3. The summed E-state index contributed by atoms with van der Waals surface area (Å²) in [6.07, 6.45) is -0.564. The van der Waals surface area contributed by atoms with Crippen molar-refractivity contribution < 1.29 is 21.6 Å². The summed E-state index contributed by atoms with van der Waals surface area (Å²) in [5, 5.41) is 19.5. The molecule has 0 radical (unpaired) electrons. The van der Waals surface area contributed by atoms with Crippen LogP contribution in [-0.2, 0) is 16.2 Å². The van der Waals surface area contributed by atoms with Crippen LogP contribution in [0.3, 0.4) is 0 Å².